The third kappa shape index (κ3) is 8.23. The fourth-order valence-electron chi connectivity index (χ4n) is 2.78. The van der Waals surface area contributed by atoms with E-state index in [1.54, 1.807) is 0 Å². The zero-order chi connectivity index (χ0) is 20.4. The highest BCUT2D eigenvalue weighted by Gasteiger charge is 2.23. The van der Waals surface area contributed by atoms with Crippen LogP contribution in [0.5, 0.6) is 0 Å². The van der Waals surface area contributed by atoms with E-state index in [9.17, 15) is 4.80 Å². The van der Waals surface area contributed by atoms with Gasteiger partial charge in [0.2, 0.25) is 0 Å². The van der Waals surface area contributed by atoms with Gasteiger partial charge in [-0.15, -0.1) is 6.58 Å². The third-order valence-corrected chi connectivity index (χ3v) is 18.5. The minimum atomic E-state index is -2.27. The maximum atomic E-state index is 10.4. The molecule has 152 valence electrons. The zero-order valence-electron chi connectivity index (χ0n) is 17.0. The summed E-state index contributed by atoms with van der Waals surface area (Å²) >= 11 is 0. The molecule has 2 rings (SSSR count). The topological polar surface area (TPSA) is 47.9 Å². The van der Waals surface area contributed by atoms with Crippen LogP contribution in [0.2, 0.25) is 31.7 Å². The summed E-state index contributed by atoms with van der Waals surface area (Å²) in [4.78, 5) is 10.4. The molecule has 0 aromatic heterocycles. The van der Waals surface area contributed by atoms with Crippen molar-refractivity contribution in [3.05, 3.63) is 72.9 Å². The molecule has 0 radical (unpaired) electrons. The highest BCUT2D eigenvalue weighted by molar-refractivity contribution is 6.77. The molecule has 5 unspecified atom stereocenters. The minimum Gasteiger partial charge on any atom is -0.438 e. The Morgan fingerprint density at radius 2 is 1.29 bits per heavy atom. The van der Waals surface area contributed by atoms with Crippen LogP contribution in [0.15, 0.2) is 72.9 Å². The van der Waals surface area contributed by atoms with Crippen molar-refractivity contribution < 1.29 is 17.1 Å². The predicted molar refractivity (Wildman–Crippen MR) is 131 cm³/mol. The highest BCUT2D eigenvalue weighted by atomic mass is 28.4. The van der Waals surface area contributed by atoms with E-state index < -0.39 is 45.7 Å². The summed E-state index contributed by atoms with van der Waals surface area (Å²) in [6.45, 7) is 10.5. The number of hydrogen-bond donors (Lipinski definition) is 1. The molecule has 0 aliphatic rings. The molecule has 0 bridgehead atoms. The second-order valence-electron chi connectivity index (χ2n) is 7.05. The summed E-state index contributed by atoms with van der Waals surface area (Å²) in [6.07, 6.45) is 0. The van der Waals surface area contributed by atoms with E-state index in [1.165, 1.54) is 5.19 Å². The van der Waals surface area contributed by atoms with E-state index in [1.807, 2.05) is 54.2 Å². The lowest BCUT2D eigenvalue weighted by Gasteiger charge is -2.24. The molecule has 0 aliphatic carbocycles. The lowest BCUT2D eigenvalue weighted by atomic mass is 10.4. The van der Waals surface area contributed by atoms with Gasteiger partial charge in [-0.2, -0.15) is 0 Å². The molecule has 0 saturated heterocycles. The van der Waals surface area contributed by atoms with Crippen molar-refractivity contribution in [3.63, 3.8) is 0 Å². The SMILES string of the molecule is C=C[SiH](C)O[SiH](O[SiH](C)CC[SiH](C)O[SiH](O)c1ccccc1)c1ccccc1. The average molecular weight is 465 g/mol. The molecule has 0 heterocycles. The van der Waals surface area contributed by atoms with Gasteiger partial charge in [0.1, 0.15) is 0 Å². The summed E-state index contributed by atoms with van der Waals surface area (Å²) in [7, 11) is -8.30. The first-order chi connectivity index (χ1) is 13.5. The normalized spacial score (nSPS) is 16.7. The molecule has 28 heavy (non-hydrogen) atoms. The molecule has 4 nitrogen and oxygen atoms in total. The van der Waals surface area contributed by atoms with Gasteiger partial charge in [0.15, 0.2) is 27.1 Å². The molecular formula is C19H32O4Si5. The quantitative estimate of drug-likeness (QED) is 0.477. The lowest BCUT2D eigenvalue weighted by Crippen LogP contribution is -2.44. The van der Waals surface area contributed by atoms with E-state index >= 15 is 0 Å². The van der Waals surface area contributed by atoms with Crippen molar-refractivity contribution in [3.8, 4) is 0 Å². The molecule has 0 aliphatic heterocycles. The van der Waals surface area contributed by atoms with Gasteiger partial charge in [-0.05, 0) is 42.1 Å². The smallest absolute Gasteiger partial charge is 0.342 e. The largest absolute Gasteiger partial charge is 0.438 e. The van der Waals surface area contributed by atoms with Crippen LogP contribution < -0.4 is 10.4 Å². The second kappa shape index (κ2) is 12.6. The Morgan fingerprint density at radius 1 is 0.786 bits per heavy atom. The lowest BCUT2D eigenvalue weighted by molar-refractivity contribution is 0.436. The van der Waals surface area contributed by atoms with E-state index in [0.717, 1.165) is 17.3 Å². The van der Waals surface area contributed by atoms with Crippen molar-refractivity contribution in [1.29, 1.82) is 0 Å². The maximum Gasteiger partial charge on any atom is 0.342 e. The molecule has 0 saturated carbocycles. The molecule has 0 spiro atoms. The van der Waals surface area contributed by atoms with Crippen molar-refractivity contribution in [2.75, 3.05) is 0 Å². The standard InChI is InChI=1S/C19H32O4Si5/c1-5-24(2)22-28(19-14-10-7-11-15-19)23-26(4)17-16-25(3)21-27(20)18-12-8-6-9-13-18/h5-15,20,24-28H,1,16-17H2,2-4H3. The van der Waals surface area contributed by atoms with E-state index in [4.69, 9.17) is 12.3 Å². The Bertz CT molecular complexity index is 691. The Hall–Kier alpha value is -0.896. The van der Waals surface area contributed by atoms with E-state index in [0.29, 0.717) is 0 Å². The van der Waals surface area contributed by atoms with Gasteiger partial charge in [-0.25, -0.2) is 0 Å². The number of benzene rings is 2. The Labute approximate surface area is 177 Å². The van der Waals surface area contributed by atoms with Gasteiger partial charge in [0, 0.05) is 0 Å². The first-order valence-corrected chi connectivity index (χ1v) is 20.1. The molecule has 9 heteroatoms. The predicted octanol–water partition coefficient (Wildman–Crippen LogP) is 1.07. The zero-order valence-corrected chi connectivity index (χ0v) is 22.8. The maximum absolute atomic E-state index is 10.4. The number of rotatable bonds is 12. The number of hydrogen-bond acceptors (Lipinski definition) is 4. The van der Waals surface area contributed by atoms with Gasteiger partial charge in [-0.1, -0.05) is 66.4 Å². The third-order valence-electron chi connectivity index (χ3n) is 4.52. The molecule has 1 N–H and O–H groups in total. The summed E-state index contributed by atoms with van der Waals surface area (Å²) < 4.78 is 18.8. The summed E-state index contributed by atoms with van der Waals surface area (Å²) in [5.74, 6) is 0. The van der Waals surface area contributed by atoms with Gasteiger partial charge < -0.3 is 17.1 Å². The van der Waals surface area contributed by atoms with Crippen LogP contribution in [-0.2, 0) is 12.3 Å². The van der Waals surface area contributed by atoms with Crippen molar-refractivity contribution in [2.24, 2.45) is 0 Å². The van der Waals surface area contributed by atoms with Crippen molar-refractivity contribution >= 4 is 56.1 Å². The fourth-order valence-corrected chi connectivity index (χ4v) is 16.9. The average Bonchev–Trinajstić information content (AvgIpc) is 2.73. The molecule has 2 aromatic carbocycles. The first kappa shape index (κ1) is 23.4. The molecular weight excluding hydrogens is 433 g/mol. The Morgan fingerprint density at radius 3 is 1.82 bits per heavy atom. The van der Waals surface area contributed by atoms with E-state index in [2.05, 4.69) is 38.4 Å². The Balaban J connectivity index is 1.84. The van der Waals surface area contributed by atoms with Crippen LogP contribution in [0.25, 0.3) is 0 Å². The van der Waals surface area contributed by atoms with Crippen LogP contribution in [-0.4, -0.2) is 50.5 Å². The van der Waals surface area contributed by atoms with Crippen LogP contribution in [0.1, 0.15) is 0 Å². The first-order valence-electron chi connectivity index (χ1n) is 9.86. The van der Waals surface area contributed by atoms with Crippen molar-refractivity contribution in [1.82, 2.24) is 0 Å². The minimum absolute atomic E-state index is 0.955. The molecule has 0 fully saturated rings. The molecule has 5 atom stereocenters. The monoisotopic (exact) mass is 464 g/mol. The van der Waals surface area contributed by atoms with Crippen LogP contribution >= 0.6 is 0 Å². The summed E-state index contributed by atoms with van der Waals surface area (Å²) in [5.41, 5.74) is 1.96. The molecule has 2 aromatic rings. The van der Waals surface area contributed by atoms with Gasteiger partial charge >= 0.3 is 18.6 Å². The second-order valence-corrected chi connectivity index (χ2v) is 19.3. The van der Waals surface area contributed by atoms with Crippen LogP contribution in [0, 0.1) is 0 Å². The van der Waals surface area contributed by atoms with Crippen LogP contribution in [0.4, 0.5) is 0 Å². The molecule has 0 amide bonds. The summed E-state index contributed by atoms with van der Waals surface area (Å²) in [5, 5.41) is 2.16. The van der Waals surface area contributed by atoms with Crippen molar-refractivity contribution in [2.45, 2.75) is 31.7 Å². The summed E-state index contributed by atoms with van der Waals surface area (Å²) in [6, 6.07) is 22.2. The van der Waals surface area contributed by atoms with E-state index in [-0.39, 0.29) is 0 Å². The van der Waals surface area contributed by atoms with Crippen LogP contribution in [0.3, 0.4) is 0 Å². The van der Waals surface area contributed by atoms with Gasteiger partial charge in [-0.3, -0.25) is 0 Å². The highest BCUT2D eigenvalue weighted by Crippen LogP contribution is 2.09. The fraction of sp³-hybridized carbons (Fsp3) is 0.263. The van der Waals surface area contributed by atoms with Gasteiger partial charge in [0.25, 0.3) is 0 Å². The Kier molecular flexibility index (Phi) is 10.5. The van der Waals surface area contributed by atoms with Gasteiger partial charge in [0.05, 0.1) is 0 Å².